The van der Waals surface area contributed by atoms with Gasteiger partial charge in [-0.15, -0.1) is 0 Å². The molecule has 0 amide bonds. The molecule has 3 heterocycles. The lowest BCUT2D eigenvalue weighted by Gasteiger charge is -2.43. The third-order valence-electron chi connectivity index (χ3n) is 4.13. The molecule has 3 aliphatic heterocycles. The van der Waals surface area contributed by atoms with Gasteiger partial charge in [0.05, 0.1) is 25.4 Å². The zero-order valence-corrected chi connectivity index (χ0v) is 11.0. The van der Waals surface area contributed by atoms with Crippen LogP contribution in [-0.4, -0.2) is 82.8 Å². The second-order valence-corrected chi connectivity index (χ2v) is 5.58. The van der Waals surface area contributed by atoms with Crippen LogP contribution in [0.2, 0.25) is 0 Å². The van der Waals surface area contributed by atoms with E-state index in [1.54, 1.807) is 0 Å². The minimum atomic E-state index is -1.29. The molecule has 116 valence electrons. The summed E-state index contributed by atoms with van der Waals surface area (Å²) in [4.78, 5) is 0. The van der Waals surface area contributed by atoms with E-state index in [-0.39, 0.29) is 39.3 Å². The van der Waals surface area contributed by atoms with E-state index < -0.39 is 36.0 Å². The van der Waals surface area contributed by atoms with Crippen LogP contribution in [0.1, 0.15) is 12.8 Å². The molecule has 8 heteroatoms. The Balaban J connectivity index is 1.65. The van der Waals surface area contributed by atoms with Gasteiger partial charge in [0.2, 0.25) is 5.79 Å². The van der Waals surface area contributed by atoms with Gasteiger partial charge >= 0.3 is 0 Å². The van der Waals surface area contributed by atoms with Crippen LogP contribution in [-0.2, 0) is 18.9 Å². The van der Waals surface area contributed by atoms with Crippen LogP contribution in [0.4, 0.5) is 0 Å². The van der Waals surface area contributed by atoms with Gasteiger partial charge in [0, 0.05) is 12.8 Å². The Morgan fingerprint density at radius 1 is 1.00 bits per heavy atom. The zero-order valence-electron chi connectivity index (χ0n) is 11.0. The fraction of sp³-hybridized carbons (Fsp3) is 1.00. The van der Waals surface area contributed by atoms with Crippen molar-refractivity contribution in [2.24, 2.45) is 0 Å². The molecule has 0 aromatic rings. The van der Waals surface area contributed by atoms with Crippen molar-refractivity contribution in [1.29, 1.82) is 0 Å². The monoisotopic (exact) mass is 292 g/mol. The number of hydrogen-bond acceptors (Lipinski definition) is 8. The molecule has 0 aliphatic carbocycles. The largest absolute Gasteiger partial charge is 0.394 e. The molecule has 0 bridgehead atoms. The molecule has 20 heavy (non-hydrogen) atoms. The first-order valence-electron chi connectivity index (χ1n) is 6.74. The Morgan fingerprint density at radius 2 is 1.80 bits per heavy atom. The molecule has 0 saturated carbocycles. The predicted octanol–water partition coefficient (Wildman–Crippen LogP) is -2.29. The number of ether oxygens (including phenoxy) is 4. The van der Waals surface area contributed by atoms with E-state index in [2.05, 4.69) is 0 Å². The van der Waals surface area contributed by atoms with E-state index in [9.17, 15) is 10.2 Å². The zero-order chi connectivity index (χ0) is 14.4. The Hall–Kier alpha value is -0.320. The molecule has 3 fully saturated rings. The van der Waals surface area contributed by atoms with Gasteiger partial charge in [-0.25, -0.2) is 0 Å². The van der Waals surface area contributed by atoms with Crippen molar-refractivity contribution in [3.8, 4) is 0 Å². The smallest absolute Gasteiger partial charge is 0.219 e. The van der Waals surface area contributed by atoms with Crippen LogP contribution in [0.25, 0.3) is 0 Å². The summed E-state index contributed by atoms with van der Waals surface area (Å²) < 4.78 is 22.3. The van der Waals surface area contributed by atoms with E-state index >= 15 is 0 Å². The van der Waals surface area contributed by atoms with Gasteiger partial charge in [-0.1, -0.05) is 0 Å². The second-order valence-electron chi connectivity index (χ2n) is 5.58. The lowest BCUT2D eigenvalue weighted by Crippen LogP contribution is -2.58. The highest BCUT2D eigenvalue weighted by atomic mass is 16.8. The van der Waals surface area contributed by atoms with Crippen molar-refractivity contribution in [2.75, 3.05) is 26.4 Å². The van der Waals surface area contributed by atoms with Gasteiger partial charge in [0.15, 0.2) is 5.79 Å². The molecular weight excluding hydrogens is 272 g/mol. The van der Waals surface area contributed by atoms with Crippen molar-refractivity contribution >= 4 is 0 Å². The quantitative estimate of drug-likeness (QED) is 0.449. The van der Waals surface area contributed by atoms with Crippen LogP contribution >= 0.6 is 0 Å². The fourth-order valence-electron chi connectivity index (χ4n) is 2.95. The lowest BCUT2D eigenvalue weighted by atomic mass is 10.1. The summed E-state index contributed by atoms with van der Waals surface area (Å²) in [6.07, 6.45) is -2.44. The van der Waals surface area contributed by atoms with E-state index in [1.807, 2.05) is 0 Å². The van der Waals surface area contributed by atoms with Crippen molar-refractivity contribution < 1.29 is 39.4 Å². The maximum Gasteiger partial charge on any atom is 0.219 e. The third-order valence-corrected chi connectivity index (χ3v) is 4.13. The first-order valence-corrected chi connectivity index (χ1v) is 6.74. The first kappa shape index (κ1) is 14.6. The maximum absolute atomic E-state index is 10.0. The third kappa shape index (κ3) is 2.26. The number of aliphatic hydroxyl groups excluding tert-OH is 4. The van der Waals surface area contributed by atoms with E-state index in [1.165, 1.54) is 0 Å². The van der Waals surface area contributed by atoms with Crippen molar-refractivity contribution in [3.63, 3.8) is 0 Å². The lowest BCUT2D eigenvalue weighted by molar-refractivity contribution is -0.389. The summed E-state index contributed by atoms with van der Waals surface area (Å²) in [5.41, 5.74) is 0. The van der Waals surface area contributed by atoms with Crippen LogP contribution in [0, 0.1) is 0 Å². The summed E-state index contributed by atoms with van der Waals surface area (Å²) in [6.45, 7) is -0.580. The Labute approximate surface area is 115 Å². The average Bonchev–Trinajstić information content (AvgIpc) is 2.93. The molecule has 0 radical (unpaired) electrons. The fourth-order valence-corrected chi connectivity index (χ4v) is 2.95. The summed E-state index contributed by atoms with van der Waals surface area (Å²) in [6, 6.07) is 0. The normalized spacial score (nSPS) is 52.2. The van der Waals surface area contributed by atoms with Gasteiger partial charge in [-0.2, -0.15) is 0 Å². The Kier molecular flexibility index (Phi) is 3.76. The Morgan fingerprint density at radius 3 is 2.30 bits per heavy atom. The molecule has 3 saturated heterocycles. The molecule has 0 aromatic heterocycles. The van der Waals surface area contributed by atoms with E-state index in [0.717, 1.165) is 0 Å². The summed E-state index contributed by atoms with van der Waals surface area (Å²) in [5.74, 6) is -2.40. The molecule has 8 nitrogen and oxygen atoms in total. The molecule has 3 rings (SSSR count). The highest BCUT2D eigenvalue weighted by Crippen LogP contribution is 2.42. The van der Waals surface area contributed by atoms with E-state index in [0.29, 0.717) is 0 Å². The van der Waals surface area contributed by atoms with Crippen LogP contribution in [0.15, 0.2) is 0 Å². The topological polar surface area (TPSA) is 118 Å². The summed E-state index contributed by atoms with van der Waals surface area (Å²) >= 11 is 0. The number of aliphatic hydroxyl groups is 4. The van der Waals surface area contributed by atoms with Crippen molar-refractivity contribution in [1.82, 2.24) is 0 Å². The highest BCUT2D eigenvalue weighted by Gasteiger charge is 2.58. The molecule has 4 N–H and O–H groups in total. The predicted molar refractivity (Wildman–Crippen MR) is 62.5 cm³/mol. The van der Waals surface area contributed by atoms with Gasteiger partial charge < -0.3 is 39.4 Å². The molecule has 3 aliphatic rings. The molecule has 2 spiro atoms. The average molecular weight is 292 g/mol. The molecule has 0 aromatic carbocycles. The molecular formula is C12H20O8. The molecule has 2 unspecified atom stereocenters. The van der Waals surface area contributed by atoms with Crippen molar-refractivity contribution in [2.45, 2.75) is 48.8 Å². The SMILES string of the molecule is OC[C@@H]1CC(O)[C@@]2(CO[C@@]3(CO2)CC(O)[C@@H](CO)O3)O1. The summed E-state index contributed by atoms with van der Waals surface area (Å²) in [5, 5.41) is 38.0. The standard InChI is InChI=1S/C12H20O8/c13-3-7-1-10(16)12(19-7)6-17-11(5-18-12)2-8(15)9(4-14)20-11/h7-10,13-16H,1-6H2/t7-,8?,9+,10?,11-,12+/m0/s1. The van der Waals surface area contributed by atoms with Gasteiger partial charge in [-0.05, 0) is 0 Å². The van der Waals surface area contributed by atoms with Crippen molar-refractivity contribution in [3.05, 3.63) is 0 Å². The Bertz CT molecular complexity index is 353. The minimum absolute atomic E-state index is 0.0181. The number of hydrogen-bond donors (Lipinski definition) is 4. The van der Waals surface area contributed by atoms with Crippen LogP contribution < -0.4 is 0 Å². The van der Waals surface area contributed by atoms with E-state index in [4.69, 9.17) is 29.2 Å². The number of rotatable bonds is 2. The maximum atomic E-state index is 10.0. The molecule has 6 atom stereocenters. The van der Waals surface area contributed by atoms with Gasteiger partial charge in [-0.3, -0.25) is 0 Å². The van der Waals surface area contributed by atoms with Crippen LogP contribution in [0.5, 0.6) is 0 Å². The minimum Gasteiger partial charge on any atom is -0.394 e. The highest BCUT2D eigenvalue weighted by molar-refractivity contribution is 4.96. The van der Waals surface area contributed by atoms with Crippen LogP contribution in [0.3, 0.4) is 0 Å². The second kappa shape index (κ2) is 5.15. The van der Waals surface area contributed by atoms with Gasteiger partial charge in [0.25, 0.3) is 0 Å². The van der Waals surface area contributed by atoms with Gasteiger partial charge in [0.1, 0.15) is 25.4 Å². The first-order chi connectivity index (χ1) is 9.52. The summed E-state index contributed by atoms with van der Waals surface area (Å²) in [7, 11) is 0.